The highest BCUT2D eigenvalue weighted by Crippen LogP contribution is 2.01. The van der Waals surface area contributed by atoms with E-state index in [1.165, 1.54) is 0 Å². The molecule has 0 bridgehead atoms. The molecular weight excluding hydrogens is 122 g/mol. The van der Waals surface area contributed by atoms with E-state index >= 15 is 0 Å². The Balaban J connectivity index is 3.29. The first-order valence-corrected chi connectivity index (χ1v) is 3.50. The fraction of sp³-hybridized carbons (Fsp3) is 0.800. The second-order valence-electron chi connectivity index (χ2n) is 1.23. The lowest BCUT2D eigenvalue weighted by Crippen LogP contribution is -1.84. The van der Waals surface area contributed by atoms with Crippen molar-refractivity contribution < 1.29 is 4.84 Å². The number of nitrogens with zero attached hydrogens (tertiary/aromatic N) is 1. The first-order chi connectivity index (χ1) is 3.81. The molecule has 0 saturated heterocycles. The van der Waals surface area contributed by atoms with E-state index in [-0.39, 0.29) is 0 Å². The molecule has 0 aliphatic heterocycles. The van der Waals surface area contributed by atoms with Gasteiger partial charge >= 0.3 is 0 Å². The smallest absolute Gasteiger partial charge is 0.109 e. The molecule has 0 aliphatic carbocycles. The van der Waals surface area contributed by atoms with Crippen LogP contribution in [0.1, 0.15) is 13.8 Å². The van der Waals surface area contributed by atoms with Gasteiger partial charge in [-0.1, -0.05) is 12.1 Å². The van der Waals surface area contributed by atoms with Gasteiger partial charge in [0, 0.05) is 0 Å². The molecule has 0 radical (unpaired) electrons. The first-order valence-electron chi connectivity index (χ1n) is 2.51. The lowest BCUT2D eigenvalue weighted by atomic mass is 10.9. The lowest BCUT2D eigenvalue weighted by molar-refractivity contribution is 0.214. The predicted octanol–water partition coefficient (Wildman–Crippen LogP) is 1.72. The summed E-state index contributed by atoms with van der Waals surface area (Å²) in [5.41, 5.74) is 0. The number of hydrogen-bond acceptors (Lipinski definition) is 3. The Labute approximate surface area is 54.3 Å². The highest BCUT2D eigenvalue weighted by atomic mass is 32.2. The maximum atomic E-state index is 4.52. The Morgan fingerprint density at radius 1 is 1.75 bits per heavy atom. The van der Waals surface area contributed by atoms with Crippen molar-refractivity contribution in [3.63, 3.8) is 0 Å². The molecule has 0 spiro atoms. The van der Waals surface area contributed by atoms with E-state index in [4.69, 9.17) is 0 Å². The van der Waals surface area contributed by atoms with Crippen molar-refractivity contribution in [1.29, 1.82) is 0 Å². The predicted molar refractivity (Wildman–Crippen MR) is 38.3 cm³/mol. The second kappa shape index (κ2) is 4.97. The third kappa shape index (κ3) is 3.99. The molecule has 0 aromatic rings. The molecule has 0 aromatic carbocycles. The van der Waals surface area contributed by atoms with Gasteiger partial charge in [-0.3, -0.25) is 0 Å². The summed E-state index contributed by atoms with van der Waals surface area (Å²) < 4.78 is 0. The quantitative estimate of drug-likeness (QED) is 0.325. The van der Waals surface area contributed by atoms with Crippen LogP contribution < -0.4 is 0 Å². The van der Waals surface area contributed by atoms with Crippen molar-refractivity contribution in [2.24, 2.45) is 5.16 Å². The highest BCUT2D eigenvalue weighted by molar-refractivity contribution is 8.13. The van der Waals surface area contributed by atoms with E-state index in [9.17, 15) is 0 Å². The molecule has 8 heavy (non-hydrogen) atoms. The molecule has 0 aliphatic rings. The average Bonchev–Trinajstić information content (AvgIpc) is 1.68. The monoisotopic (exact) mass is 133 g/mol. The Bertz CT molecular complexity index is 82.5. The Kier molecular flexibility index (Phi) is 4.85. The molecule has 2 nitrogen and oxygen atoms in total. The van der Waals surface area contributed by atoms with Crippen LogP contribution in [-0.4, -0.2) is 17.9 Å². The van der Waals surface area contributed by atoms with E-state index in [0.29, 0.717) is 0 Å². The fourth-order valence-electron chi connectivity index (χ4n) is 0.364. The molecule has 0 fully saturated rings. The number of hydrogen-bond donors (Lipinski definition) is 0. The Morgan fingerprint density at radius 2 is 2.38 bits per heavy atom. The number of thioether (sulfide) groups is 1. The van der Waals surface area contributed by atoms with Crippen LogP contribution >= 0.6 is 11.8 Å². The minimum Gasteiger partial charge on any atom is -0.399 e. The van der Waals surface area contributed by atoms with Gasteiger partial charge in [0.15, 0.2) is 0 Å². The van der Waals surface area contributed by atoms with Crippen molar-refractivity contribution in [3.8, 4) is 0 Å². The minimum atomic E-state index is 0.981. The van der Waals surface area contributed by atoms with E-state index < -0.39 is 0 Å². The molecule has 0 N–H and O–H groups in total. The van der Waals surface area contributed by atoms with Gasteiger partial charge in [0.1, 0.15) is 12.2 Å². The standard InChI is InChI=1S/C5H11NOS/c1-4-8-5(2)6-7-3/h4H2,1-3H3/b6-5+. The minimum absolute atomic E-state index is 0.981. The van der Waals surface area contributed by atoms with Crippen LogP contribution in [0.2, 0.25) is 0 Å². The van der Waals surface area contributed by atoms with Crippen LogP contribution in [0, 0.1) is 0 Å². The van der Waals surface area contributed by atoms with Crippen molar-refractivity contribution >= 4 is 16.8 Å². The summed E-state index contributed by atoms with van der Waals surface area (Å²) in [5, 5.41) is 4.68. The number of rotatable bonds is 2. The number of oxime groups is 1. The molecule has 0 rings (SSSR count). The molecule has 0 amide bonds. The molecule has 0 atom stereocenters. The van der Waals surface area contributed by atoms with Crippen LogP contribution in [0.5, 0.6) is 0 Å². The molecule has 0 aromatic heterocycles. The van der Waals surface area contributed by atoms with Crippen molar-refractivity contribution in [1.82, 2.24) is 0 Å². The normalized spacial score (nSPS) is 11.6. The largest absolute Gasteiger partial charge is 0.399 e. The highest BCUT2D eigenvalue weighted by Gasteiger charge is 1.85. The average molecular weight is 133 g/mol. The molecule has 48 valence electrons. The summed E-state index contributed by atoms with van der Waals surface area (Å²) in [6.45, 7) is 4.01. The molecule has 0 heterocycles. The van der Waals surface area contributed by atoms with Gasteiger partial charge in [-0.05, 0) is 12.7 Å². The van der Waals surface area contributed by atoms with Crippen molar-refractivity contribution in [2.45, 2.75) is 13.8 Å². The van der Waals surface area contributed by atoms with E-state index in [2.05, 4.69) is 16.9 Å². The van der Waals surface area contributed by atoms with Gasteiger partial charge < -0.3 is 4.84 Å². The van der Waals surface area contributed by atoms with Gasteiger partial charge in [-0.15, -0.1) is 11.8 Å². The van der Waals surface area contributed by atoms with Crippen molar-refractivity contribution in [3.05, 3.63) is 0 Å². The third-order valence-corrected chi connectivity index (χ3v) is 1.35. The van der Waals surface area contributed by atoms with Crippen LogP contribution in [0.15, 0.2) is 5.16 Å². The lowest BCUT2D eigenvalue weighted by Gasteiger charge is -1.92. The van der Waals surface area contributed by atoms with Gasteiger partial charge in [0.05, 0.1) is 0 Å². The fourth-order valence-corrected chi connectivity index (χ4v) is 0.909. The molecule has 0 unspecified atom stereocenters. The van der Waals surface area contributed by atoms with Crippen molar-refractivity contribution in [2.75, 3.05) is 12.9 Å². The van der Waals surface area contributed by atoms with Gasteiger partial charge in [-0.25, -0.2) is 0 Å². The Hall–Kier alpha value is -0.180. The third-order valence-electron chi connectivity index (χ3n) is 0.573. The van der Waals surface area contributed by atoms with E-state index in [0.717, 1.165) is 10.8 Å². The van der Waals surface area contributed by atoms with E-state index in [1.54, 1.807) is 18.9 Å². The van der Waals surface area contributed by atoms with Crippen LogP contribution in [0.25, 0.3) is 0 Å². The summed E-state index contributed by atoms with van der Waals surface area (Å²) in [4.78, 5) is 4.52. The van der Waals surface area contributed by atoms with Crippen LogP contribution in [0.3, 0.4) is 0 Å². The molecule has 3 heteroatoms. The zero-order valence-electron chi connectivity index (χ0n) is 5.47. The van der Waals surface area contributed by atoms with E-state index in [1.807, 2.05) is 6.92 Å². The molecule has 0 saturated carbocycles. The van der Waals surface area contributed by atoms with Gasteiger partial charge in [0.25, 0.3) is 0 Å². The van der Waals surface area contributed by atoms with Crippen LogP contribution in [0.4, 0.5) is 0 Å². The topological polar surface area (TPSA) is 21.6 Å². The summed E-state index contributed by atoms with van der Waals surface area (Å²) in [6.07, 6.45) is 0. The zero-order valence-corrected chi connectivity index (χ0v) is 6.29. The Morgan fingerprint density at radius 3 is 2.75 bits per heavy atom. The maximum absolute atomic E-state index is 4.52. The van der Waals surface area contributed by atoms with Gasteiger partial charge in [-0.2, -0.15) is 0 Å². The maximum Gasteiger partial charge on any atom is 0.109 e. The SMILES string of the molecule is CCS/C(C)=N/OC. The summed E-state index contributed by atoms with van der Waals surface area (Å²) in [7, 11) is 1.56. The zero-order chi connectivity index (χ0) is 6.41. The molecular formula is C5H11NOS. The van der Waals surface area contributed by atoms with Crippen LogP contribution in [-0.2, 0) is 4.84 Å². The van der Waals surface area contributed by atoms with Gasteiger partial charge in [0.2, 0.25) is 0 Å². The summed E-state index contributed by atoms with van der Waals surface area (Å²) in [5.74, 6) is 1.05. The second-order valence-corrected chi connectivity index (χ2v) is 2.68. The summed E-state index contributed by atoms with van der Waals surface area (Å²) >= 11 is 1.68. The summed E-state index contributed by atoms with van der Waals surface area (Å²) in [6, 6.07) is 0. The first kappa shape index (κ1) is 7.82.